The quantitative estimate of drug-likeness (QED) is 0.823. The summed E-state index contributed by atoms with van der Waals surface area (Å²) in [6.45, 7) is 3.57. The lowest BCUT2D eigenvalue weighted by molar-refractivity contribution is 0.0774. The minimum Gasteiger partial charge on any atom is -0.380 e. The van der Waals surface area contributed by atoms with Gasteiger partial charge in [-0.3, -0.25) is 0 Å². The summed E-state index contributed by atoms with van der Waals surface area (Å²) in [5, 5.41) is 3.03. The van der Waals surface area contributed by atoms with E-state index in [2.05, 4.69) is 26.0 Å². The molecule has 5 nitrogen and oxygen atoms in total. The molecule has 0 saturated carbocycles. The van der Waals surface area contributed by atoms with Gasteiger partial charge in [0.25, 0.3) is 0 Å². The second kappa shape index (κ2) is 7.19. The number of benzene rings is 1. The molecule has 1 aromatic carbocycles. The summed E-state index contributed by atoms with van der Waals surface area (Å²) in [7, 11) is -1.71. The van der Waals surface area contributed by atoms with Gasteiger partial charge in [0.1, 0.15) is 0 Å². The summed E-state index contributed by atoms with van der Waals surface area (Å²) in [6, 6.07) is 3.52. The first-order chi connectivity index (χ1) is 9.94. The number of halogens is 1. The molecule has 1 heterocycles. The van der Waals surface area contributed by atoms with Crippen LogP contribution in [0.2, 0.25) is 0 Å². The summed E-state index contributed by atoms with van der Waals surface area (Å²) < 4.78 is 34.1. The molecule has 0 amide bonds. The first kappa shape index (κ1) is 16.9. The lowest BCUT2D eigenvalue weighted by atomic mass is 10.1. The maximum atomic E-state index is 12.6. The van der Waals surface area contributed by atoms with Gasteiger partial charge in [-0.2, -0.15) is 0 Å². The molecular weight excluding hydrogens is 356 g/mol. The highest BCUT2D eigenvalue weighted by atomic mass is 79.9. The molecule has 1 unspecified atom stereocenters. The zero-order valence-electron chi connectivity index (χ0n) is 12.3. The van der Waals surface area contributed by atoms with Crippen molar-refractivity contribution in [3.05, 3.63) is 27.7 Å². The molecule has 1 atom stereocenters. The van der Waals surface area contributed by atoms with Crippen LogP contribution in [0.1, 0.15) is 24.0 Å². The van der Waals surface area contributed by atoms with Crippen molar-refractivity contribution in [3.63, 3.8) is 0 Å². The third kappa shape index (κ3) is 4.26. The number of rotatable bonds is 5. The zero-order chi connectivity index (χ0) is 15.5. The molecule has 0 radical (unpaired) electrons. The standard InChI is InChI=1S/C14H21BrN2O3S/c1-10-13(15)6-11(8-16-2)7-14(10)21(18,19)17-12-4-3-5-20-9-12/h6-7,12,16-17H,3-5,8-9H2,1-2H3. The molecule has 2 rings (SSSR count). The Balaban J connectivity index is 2.29. The van der Waals surface area contributed by atoms with E-state index in [-0.39, 0.29) is 6.04 Å². The zero-order valence-corrected chi connectivity index (χ0v) is 14.7. The summed E-state index contributed by atoms with van der Waals surface area (Å²) in [5.74, 6) is 0. The van der Waals surface area contributed by atoms with Crippen molar-refractivity contribution in [1.82, 2.24) is 10.0 Å². The Morgan fingerprint density at radius 2 is 2.19 bits per heavy atom. The van der Waals surface area contributed by atoms with Gasteiger partial charge in [0.05, 0.1) is 11.5 Å². The van der Waals surface area contributed by atoms with Crippen LogP contribution in [0.25, 0.3) is 0 Å². The Labute approximate surface area is 134 Å². The van der Waals surface area contributed by atoms with Crippen molar-refractivity contribution in [3.8, 4) is 0 Å². The lowest BCUT2D eigenvalue weighted by Gasteiger charge is -2.23. The van der Waals surface area contributed by atoms with Gasteiger partial charge in [-0.05, 0) is 50.1 Å². The van der Waals surface area contributed by atoms with Crippen LogP contribution in [0.15, 0.2) is 21.5 Å². The largest absolute Gasteiger partial charge is 0.380 e. The predicted octanol–water partition coefficient (Wildman–Crippen LogP) is 1.93. The van der Waals surface area contributed by atoms with E-state index >= 15 is 0 Å². The van der Waals surface area contributed by atoms with E-state index in [9.17, 15) is 8.42 Å². The molecule has 0 bridgehead atoms. The van der Waals surface area contributed by atoms with Crippen molar-refractivity contribution in [2.75, 3.05) is 20.3 Å². The Morgan fingerprint density at radius 1 is 1.43 bits per heavy atom. The smallest absolute Gasteiger partial charge is 0.241 e. The van der Waals surface area contributed by atoms with Crippen LogP contribution in [0.5, 0.6) is 0 Å². The molecule has 1 aromatic rings. The number of hydrogen-bond donors (Lipinski definition) is 2. The average Bonchev–Trinajstić information content (AvgIpc) is 2.43. The highest BCUT2D eigenvalue weighted by molar-refractivity contribution is 9.10. The monoisotopic (exact) mass is 376 g/mol. The van der Waals surface area contributed by atoms with E-state index in [1.54, 1.807) is 13.0 Å². The van der Waals surface area contributed by atoms with Crippen LogP contribution in [-0.2, 0) is 21.3 Å². The molecule has 2 N–H and O–H groups in total. The highest BCUT2D eigenvalue weighted by Gasteiger charge is 2.24. The Kier molecular flexibility index (Phi) is 5.79. The second-order valence-electron chi connectivity index (χ2n) is 5.27. The Morgan fingerprint density at radius 3 is 2.81 bits per heavy atom. The number of ether oxygens (including phenoxy) is 1. The first-order valence-corrected chi connectivity index (χ1v) is 9.25. The van der Waals surface area contributed by atoms with Gasteiger partial charge >= 0.3 is 0 Å². The maximum Gasteiger partial charge on any atom is 0.241 e. The van der Waals surface area contributed by atoms with Gasteiger partial charge in [0.2, 0.25) is 10.0 Å². The van der Waals surface area contributed by atoms with Crippen molar-refractivity contribution < 1.29 is 13.2 Å². The van der Waals surface area contributed by atoms with Crippen LogP contribution in [0, 0.1) is 6.92 Å². The van der Waals surface area contributed by atoms with Gasteiger partial charge in [0.15, 0.2) is 0 Å². The third-order valence-electron chi connectivity index (χ3n) is 3.51. The maximum absolute atomic E-state index is 12.6. The van der Waals surface area contributed by atoms with Crippen LogP contribution < -0.4 is 10.0 Å². The molecule has 1 saturated heterocycles. The molecular formula is C14H21BrN2O3S. The van der Waals surface area contributed by atoms with Crippen molar-refractivity contribution >= 4 is 26.0 Å². The molecule has 0 aliphatic carbocycles. The van der Waals surface area contributed by atoms with Gasteiger partial charge in [-0.25, -0.2) is 13.1 Å². The Hall–Kier alpha value is -0.470. The average molecular weight is 377 g/mol. The van der Waals surface area contributed by atoms with Crippen LogP contribution >= 0.6 is 15.9 Å². The Bertz CT molecular complexity index is 598. The van der Waals surface area contributed by atoms with Crippen molar-refractivity contribution in [1.29, 1.82) is 0 Å². The van der Waals surface area contributed by atoms with E-state index in [1.807, 2.05) is 13.1 Å². The molecule has 0 aromatic heterocycles. The van der Waals surface area contributed by atoms with E-state index in [4.69, 9.17) is 4.74 Å². The summed E-state index contributed by atoms with van der Waals surface area (Å²) in [5.41, 5.74) is 1.65. The molecule has 7 heteroatoms. The SMILES string of the molecule is CNCc1cc(Br)c(C)c(S(=O)(=O)NC2CCCOC2)c1. The second-order valence-corrected chi connectivity index (χ2v) is 7.80. The molecule has 1 aliphatic rings. The number of sulfonamides is 1. The fraction of sp³-hybridized carbons (Fsp3) is 0.571. The van der Waals surface area contributed by atoms with E-state index in [1.165, 1.54) is 0 Å². The number of hydrogen-bond acceptors (Lipinski definition) is 4. The van der Waals surface area contributed by atoms with Gasteiger partial charge in [0, 0.05) is 23.7 Å². The van der Waals surface area contributed by atoms with Crippen LogP contribution in [0.4, 0.5) is 0 Å². The molecule has 1 aliphatic heterocycles. The minimum atomic E-state index is -3.54. The summed E-state index contributed by atoms with van der Waals surface area (Å²) in [6.07, 6.45) is 1.70. The molecule has 0 spiro atoms. The van der Waals surface area contributed by atoms with Crippen LogP contribution in [-0.4, -0.2) is 34.7 Å². The molecule has 21 heavy (non-hydrogen) atoms. The van der Waals surface area contributed by atoms with E-state index in [0.29, 0.717) is 24.7 Å². The van der Waals surface area contributed by atoms with Crippen molar-refractivity contribution in [2.24, 2.45) is 0 Å². The summed E-state index contributed by atoms with van der Waals surface area (Å²) >= 11 is 3.44. The fourth-order valence-corrected chi connectivity index (χ4v) is 4.62. The lowest BCUT2D eigenvalue weighted by Crippen LogP contribution is -2.40. The first-order valence-electron chi connectivity index (χ1n) is 6.97. The highest BCUT2D eigenvalue weighted by Crippen LogP contribution is 2.26. The normalized spacial score (nSPS) is 19.7. The van der Waals surface area contributed by atoms with E-state index in [0.717, 1.165) is 28.4 Å². The van der Waals surface area contributed by atoms with Crippen molar-refractivity contribution in [2.45, 2.75) is 37.2 Å². The minimum absolute atomic E-state index is 0.144. The van der Waals surface area contributed by atoms with Gasteiger partial charge in [-0.1, -0.05) is 15.9 Å². The van der Waals surface area contributed by atoms with Gasteiger partial charge < -0.3 is 10.1 Å². The third-order valence-corrected chi connectivity index (χ3v) is 5.98. The topological polar surface area (TPSA) is 67.4 Å². The summed E-state index contributed by atoms with van der Waals surface area (Å²) in [4.78, 5) is 0.327. The van der Waals surface area contributed by atoms with Gasteiger partial charge in [-0.15, -0.1) is 0 Å². The molecule has 1 fully saturated rings. The molecule has 118 valence electrons. The van der Waals surface area contributed by atoms with E-state index < -0.39 is 10.0 Å². The number of nitrogens with one attached hydrogen (secondary N) is 2. The predicted molar refractivity (Wildman–Crippen MR) is 85.8 cm³/mol. The fourth-order valence-electron chi connectivity index (χ4n) is 2.41. The van der Waals surface area contributed by atoms with Crippen LogP contribution in [0.3, 0.4) is 0 Å².